The van der Waals surface area contributed by atoms with Gasteiger partial charge in [0.1, 0.15) is 0 Å². The average molecular weight is 119 g/mol. The minimum atomic E-state index is -6.00. The Morgan fingerprint density at radius 2 is 1.00 bits per heavy atom. The van der Waals surface area contributed by atoms with E-state index in [1.807, 2.05) is 0 Å². The Balaban J connectivity index is -0.0000000133. The second-order valence-corrected chi connectivity index (χ2v) is 0.495. The summed E-state index contributed by atoms with van der Waals surface area (Å²) in [6.45, 7) is 0. The molecule has 0 atom stereocenters. The molecular weight excluding hydrogens is 117 g/mol. The summed E-state index contributed by atoms with van der Waals surface area (Å²) in [7, 11) is -6.00. The van der Waals surface area contributed by atoms with Crippen molar-refractivity contribution in [2.45, 2.75) is 0 Å². The van der Waals surface area contributed by atoms with Crippen molar-refractivity contribution in [2.24, 2.45) is 0 Å². The average Bonchev–Trinajstić information content (AvgIpc) is 0.722. The van der Waals surface area contributed by atoms with Gasteiger partial charge in [-0.1, -0.05) is 0 Å². The van der Waals surface area contributed by atoms with Crippen LogP contribution in [0.1, 0.15) is 2.85 Å². The van der Waals surface area contributed by atoms with Gasteiger partial charge in [-0.25, -0.2) is 0 Å². The van der Waals surface area contributed by atoms with Gasteiger partial charge in [-0.2, -0.15) is 0 Å². The van der Waals surface area contributed by atoms with Crippen LogP contribution in [0.5, 0.6) is 0 Å². The van der Waals surface area contributed by atoms with Gasteiger partial charge in [-0.05, 0) is 0 Å². The molecule has 0 radical (unpaired) electrons. The summed E-state index contributed by atoms with van der Waals surface area (Å²) in [4.78, 5) is 0. The maximum atomic E-state index is 9.75. The molecule has 0 heterocycles. The molecule has 7 heteroatoms. The van der Waals surface area contributed by atoms with E-state index in [-0.39, 0.29) is 51.3 Å². The fourth-order valence-corrected chi connectivity index (χ4v) is 0. The Morgan fingerprint density at radius 3 is 1.00 bits per heavy atom. The van der Waals surface area contributed by atoms with Crippen molar-refractivity contribution in [3.05, 3.63) is 0 Å². The monoisotopic (exact) mass is 119 g/mol. The summed E-state index contributed by atoms with van der Waals surface area (Å²) >= 11 is 0. The molecule has 0 fully saturated rings. The zero-order chi connectivity index (χ0) is 4.50. The number of halogens is 4. The van der Waals surface area contributed by atoms with Crippen LogP contribution in [0.3, 0.4) is 0 Å². The van der Waals surface area contributed by atoms with E-state index in [0.717, 1.165) is 0 Å². The minimum Gasteiger partial charge on any atom is -1.00 e. The molecule has 0 N–H and O–H groups in total. The Kier molecular flexibility index (Phi) is 12.4. The molecule has 0 aliphatic rings. The van der Waals surface area contributed by atoms with Crippen molar-refractivity contribution in [1.29, 1.82) is 0 Å². The predicted octanol–water partition coefficient (Wildman–Crippen LogP) is -4.47. The topological polar surface area (TPSA) is 0 Å². The smallest absolute Gasteiger partial charge is 1.00 e. The standard InChI is InChI=1S/BF4.Li.Na.2H/c2-1(3,4)5;;;;/q-1;2*+1;2*-1. The molecule has 0 aromatic heterocycles. The van der Waals surface area contributed by atoms with Crippen LogP contribution in [0.15, 0.2) is 0 Å². The van der Waals surface area contributed by atoms with E-state index < -0.39 is 7.25 Å². The van der Waals surface area contributed by atoms with Crippen LogP contribution in [0.25, 0.3) is 0 Å². The third-order valence-corrected chi connectivity index (χ3v) is 0. The van der Waals surface area contributed by atoms with Gasteiger partial charge < -0.3 is 20.1 Å². The molecule has 0 aromatic carbocycles. The van der Waals surface area contributed by atoms with Gasteiger partial charge in [-0.15, -0.1) is 0 Å². The quantitative estimate of drug-likeness (QED) is 0.223. The zero-order valence-electron chi connectivity index (χ0n) is 6.09. The van der Waals surface area contributed by atoms with Crippen molar-refractivity contribution in [1.82, 2.24) is 0 Å². The maximum Gasteiger partial charge on any atom is 1.00 e. The third kappa shape index (κ3) is 112. The first-order chi connectivity index (χ1) is 2.00. The predicted molar refractivity (Wildman–Crippen MR) is 12.4 cm³/mol. The van der Waals surface area contributed by atoms with Gasteiger partial charge in [0, 0.05) is 0 Å². The molecule has 36 valence electrons. The molecule has 0 nitrogen and oxygen atoms in total. The van der Waals surface area contributed by atoms with Crippen LogP contribution >= 0.6 is 0 Å². The Bertz CT molecular complexity index is 34.0. The van der Waals surface area contributed by atoms with Gasteiger partial charge in [0.15, 0.2) is 0 Å². The molecular formula is H2BF4LiNa-. The second-order valence-electron chi connectivity index (χ2n) is 0.495. The van der Waals surface area contributed by atoms with E-state index in [1.165, 1.54) is 0 Å². The van der Waals surface area contributed by atoms with Crippen molar-refractivity contribution < 1.29 is 68.5 Å². The molecule has 0 spiro atoms. The summed E-state index contributed by atoms with van der Waals surface area (Å²) < 4.78 is 39.0. The van der Waals surface area contributed by atoms with Gasteiger partial charge in [0.05, 0.1) is 0 Å². The van der Waals surface area contributed by atoms with Gasteiger partial charge in [-0.3, -0.25) is 0 Å². The minimum absolute atomic E-state index is 0. The van der Waals surface area contributed by atoms with E-state index in [4.69, 9.17) is 0 Å². The molecule has 0 amide bonds. The molecule has 0 saturated heterocycles. The summed E-state index contributed by atoms with van der Waals surface area (Å²) in [5, 5.41) is 0. The van der Waals surface area contributed by atoms with Crippen molar-refractivity contribution >= 4 is 7.25 Å². The largest absolute Gasteiger partial charge is 1.00 e. The molecule has 0 saturated carbocycles. The molecule has 0 bridgehead atoms. The van der Waals surface area contributed by atoms with Gasteiger partial charge in [0.25, 0.3) is 0 Å². The van der Waals surface area contributed by atoms with Crippen molar-refractivity contribution in [2.75, 3.05) is 0 Å². The molecule has 0 aliphatic heterocycles. The zero-order valence-corrected chi connectivity index (χ0v) is 6.09. The molecule has 0 aromatic rings. The summed E-state index contributed by atoms with van der Waals surface area (Å²) in [6.07, 6.45) is 0. The Labute approximate surface area is 75.6 Å². The summed E-state index contributed by atoms with van der Waals surface area (Å²) in [6, 6.07) is 0. The van der Waals surface area contributed by atoms with Crippen LogP contribution in [-0.4, -0.2) is 7.25 Å². The van der Waals surface area contributed by atoms with E-state index in [9.17, 15) is 17.3 Å². The maximum absolute atomic E-state index is 9.75. The molecule has 0 aliphatic carbocycles. The Morgan fingerprint density at radius 1 is 1.00 bits per heavy atom. The SMILES string of the molecule is F[B-](F)(F)F.[H-].[H-].[Li+].[Na+]. The van der Waals surface area contributed by atoms with E-state index in [0.29, 0.717) is 0 Å². The van der Waals surface area contributed by atoms with Crippen LogP contribution in [0, 0.1) is 0 Å². The number of hydrogen-bond acceptors (Lipinski definition) is 0. The summed E-state index contributed by atoms with van der Waals surface area (Å²) in [5.41, 5.74) is 0. The second kappa shape index (κ2) is 5.52. The van der Waals surface area contributed by atoms with Gasteiger partial charge >= 0.3 is 55.7 Å². The van der Waals surface area contributed by atoms with Crippen molar-refractivity contribution in [3.8, 4) is 0 Å². The first kappa shape index (κ1) is 15.8. The van der Waals surface area contributed by atoms with E-state index in [1.54, 1.807) is 0 Å². The molecule has 0 rings (SSSR count). The summed E-state index contributed by atoms with van der Waals surface area (Å²) in [5.74, 6) is 0. The fourth-order valence-electron chi connectivity index (χ4n) is 0. The van der Waals surface area contributed by atoms with Crippen LogP contribution < -0.4 is 48.4 Å². The molecule has 0 unspecified atom stereocenters. The van der Waals surface area contributed by atoms with E-state index >= 15 is 0 Å². The number of hydrogen-bond donors (Lipinski definition) is 0. The Hall–Kier alpha value is 1.38. The van der Waals surface area contributed by atoms with Crippen LogP contribution in [0.2, 0.25) is 0 Å². The van der Waals surface area contributed by atoms with Crippen LogP contribution in [0.4, 0.5) is 17.3 Å². The fraction of sp³-hybridized carbons (Fsp3) is 0. The van der Waals surface area contributed by atoms with E-state index in [2.05, 4.69) is 0 Å². The van der Waals surface area contributed by atoms with Gasteiger partial charge in [0.2, 0.25) is 0 Å². The first-order valence-corrected chi connectivity index (χ1v) is 0.873. The normalized spacial score (nSPS) is 8.57. The first-order valence-electron chi connectivity index (χ1n) is 0.873. The third-order valence-electron chi connectivity index (χ3n) is 0. The van der Waals surface area contributed by atoms with Crippen LogP contribution in [-0.2, 0) is 0 Å². The molecule has 7 heavy (non-hydrogen) atoms. The van der Waals surface area contributed by atoms with Crippen molar-refractivity contribution in [3.63, 3.8) is 0 Å². The number of rotatable bonds is 0.